The first kappa shape index (κ1) is 15.6. The number of H-pyrrole nitrogens is 1. The van der Waals surface area contributed by atoms with Gasteiger partial charge in [0.25, 0.3) is 0 Å². The number of nitrogens with one attached hydrogen (secondary N) is 1. The minimum atomic E-state index is 0. The summed E-state index contributed by atoms with van der Waals surface area (Å²) in [6.45, 7) is 0. The van der Waals surface area contributed by atoms with Gasteiger partial charge in [0.05, 0.1) is 0 Å². The van der Waals surface area contributed by atoms with Gasteiger partial charge in [-0.25, -0.2) is 0 Å². The van der Waals surface area contributed by atoms with Gasteiger partial charge in [0, 0.05) is 12.4 Å². The molecule has 1 rings (SSSR count). The van der Waals surface area contributed by atoms with E-state index in [9.17, 15) is 0 Å². The summed E-state index contributed by atoms with van der Waals surface area (Å²) in [7, 11) is 0. The van der Waals surface area contributed by atoms with Crippen molar-refractivity contribution in [2.45, 2.75) is 0 Å². The van der Waals surface area contributed by atoms with Crippen molar-refractivity contribution in [2.75, 3.05) is 0 Å². The molecule has 1 radical (unpaired) electrons. The Morgan fingerprint density at radius 2 is 1.25 bits per heavy atom. The molecule has 0 fully saturated rings. The van der Waals surface area contributed by atoms with Gasteiger partial charge in [-0.05, 0) is 12.1 Å². The zero-order valence-electron chi connectivity index (χ0n) is 4.00. The first-order chi connectivity index (χ1) is 2.50. The van der Waals surface area contributed by atoms with Gasteiger partial charge in [-0.2, -0.15) is 0 Å². The Balaban J connectivity index is -0.0000000833. The summed E-state index contributed by atoms with van der Waals surface area (Å²) in [5, 5.41) is 0. The topological polar surface area (TPSA) is 72.8 Å². The van der Waals surface area contributed by atoms with Gasteiger partial charge in [0.15, 0.2) is 0 Å². The van der Waals surface area contributed by atoms with Gasteiger partial charge in [-0.15, -0.1) is 0 Å². The molecule has 1 heterocycles. The van der Waals surface area contributed by atoms with Crippen molar-refractivity contribution in [1.29, 1.82) is 0 Å². The van der Waals surface area contributed by atoms with Crippen LogP contribution in [0.25, 0.3) is 0 Å². The molecular formula is C4H5MnNO2. The SMILES string of the molecule is [Mn+4].[O-2].[O-2].c1cc[nH]c1. The summed E-state index contributed by atoms with van der Waals surface area (Å²) in [6, 6.07) is 3.89. The van der Waals surface area contributed by atoms with E-state index in [1.54, 1.807) is 0 Å². The van der Waals surface area contributed by atoms with Crippen LogP contribution in [0.2, 0.25) is 0 Å². The average Bonchev–Trinajstić information content (AvgIpc) is 1.76. The smallest absolute Gasteiger partial charge is 2.00 e. The summed E-state index contributed by atoms with van der Waals surface area (Å²) in [5.74, 6) is 0. The molecule has 1 aromatic rings. The van der Waals surface area contributed by atoms with Gasteiger partial charge in [0.1, 0.15) is 0 Å². The maximum atomic E-state index is 2.86. The van der Waals surface area contributed by atoms with Crippen LogP contribution in [0, 0.1) is 0 Å². The third-order valence-electron chi connectivity index (χ3n) is 0.496. The summed E-state index contributed by atoms with van der Waals surface area (Å²) in [4.78, 5) is 2.86. The van der Waals surface area contributed by atoms with Crippen molar-refractivity contribution >= 4 is 0 Å². The molecule has 0 bridgehead atoms. The molecule has 3 nitrogen and oxygen atoms in total. The van der Waals surface area contributed by atoms with Gasteiger partial charge in [-0.1, -0.05) is 0 Å². The van der Waals surface area contributed by atoms with E-state index in [2.05, 4.69) is 4.98 Å². The summed E-state index contributed by atoms with van der Waals surface area (Å²) < 4.78 is 0. The zero-order chi connectivity index (χ0) is 3.54. The Morgan fingerprint density at radius 1 is 0.875 bits per heavy atom. The molecule has 4 heteroatoms. The van der Waals surface area contributed by atoms with Crippen LogP contribution in [0.1, 0.15) is 0 Å². The second-order valence-corrected chi connectivity index (χ2v) is 0.885. The van der Waals surface area contributed by atoms with Crippen molar-refractivity contribution in [3.8, 4) is 0 Å². The second kappa shape index (κ2) is 9.87. The summed E-state index contributed by atoms with van der Waals surface area (Å²) in [5.41, 5.74) is 0. The number of rotatable bonds is 0. The van der Waals surface area contributed by atoms with Crippen molar-refractivity contribution in [3.05, 3.63) is 24.5 Å². The largest absolute Gasteiger partial charge is 4.00 e. The van der Waals surface area contributed by atoms with Crippen molar-refractivity contribution in [3.63, 3.8) is 0 Å². The summed E-state index contributed by atoms with van der Waals surface area (Å²) in [6.07, 6.45) is 3.75. The van der Waals surface area contributed by atoms with E-state index in [0.717, 1.165) is 0 Å². The molecule has 0 unspecified atom stereocenters. The van der Waals surface area contributed by atoms with E-state index in [1.807, 2.05) is 24.5 Å². The fourth-order valence-electron chi connectivity index (χ4n) is 0.278. The Bertz CT molecular complexity index is 70.5. The quantitative estimate of drug-likeness (QED) is 0.536. The molecule has 0 atom stereocenters. The van der Waals surface area contributed by atoms with E-state index >= 15 is 0 Å². The molecule has 0 amide bonds. The van der Waals surface area contributed by atoms with Crippen molar-refractivity contribution in [2.24, 2.45) is 0 Å². The number of hydrogen-bond donors (Lipinski definition) is 1. The van der Waals surface area contributed by atoms with Crippen LogP contribution in [0.3, 0.4) is 0 Å². The van der Waals surface area contributed by atoms with Crippen molar-refractivity contribution in [1.82, 2.24) is 4.98 Å². The van der Waals surface area contributed by atoms with E-state index < -0.39 is 0 Å². The Kier molecular flexibility index (Phi) is 19.3. The van der Waals surface area contributed by atoms with Crippen LogP contribution < -0.4 is 0 Å². The first-order valence-electron chi connectivity index (χ1n) is 1.58. The minimum Gasteiger partial charge on any atom is -2.00 e. The van der Waals surface area contributed by atoms with Crippen LogP contribution in [0.5, 0.6) is 0 Å². The molecule has 0 spiro atoms. The third kappa shape index (κ3) is 5.72. The van der Waals surface area contributed by atoms with E-state index in [0.29, 0.717) is 0 Å². The van der Waals surface area contributed by atoms with Crippen LogP contribution in [0.15, 0.2) is 24.5 Å². The standard InChI is InChI=1S/C4H5N.Mn.2O/c1-2-4-5-3-1;;;/h1-5H;;;/q;+4;2*-2. The predicted molar refractivity (Wildman–Crippen MR) is 22.2 cm³/mol. The Morgan fingerprint density at radius 3 is 1.38 bits per heavy atom. The number of aromatic amines is 1. The molecule has 45 valence electrons. The molecule has 0 saturated heterocycles. The summed E-state index contributed by atoms with van der Waals surface area (Å²) >= 11 is 0. The second-order valence-electron chi connectivity index (χ2n) is 0.885. The Labute approximate surface area is 58.2 Å². The van der Waals surface area contributed by atoms with Crippen LogP contribution in [-0.4, -0.2) is 4.98 Å². The number of hydrogen-bond acceptors (Lipinski definition) is 0. The maximum Gasteiger partial charge on any atom is 4.00 e. The zero-order valence-corrected chi connectivity index (χ0v) is 5.18. The van der Waals surface area contributed by atoms with Crippen LogP contribution in [0.4, 0.5) is 0 Å². The van der Waals surface area contributed by atoms with Gasteiger partial charge >= 0.3 is 17.1 Å². The molecule has 0 aromatic carbocycles. The van der Waals surface area contributed by atoms with Crippen LogP contribution >= 0.6 is 0 Å². The fourth-order valence-corrected chi connectivity index (χ4v) is 0.278. The third-order valence-corrected chi connectivity index (χ3v) is 0.496. The first-order valence-corrected chi connectivity index (χ1v) is 1.58. The molecule has 1 N–H and O–H groups in total. The molecule has 0 aliphatic rings. The molecule has 0 aliphatic heterocycles. The van der Waals surface area contributed by atoms with Gasteiger partial charge in [0.2, 0.25) is 0 Å². The van der Waals surface area contributed by atoms with Gasteiger partial charge < -0.3 is 15.9 Å². The van der Waals surface area contributed by atoms with Crippen LogP contribution in [-0.2, 0) is 28.0 Å². The monoisotopic (exact) mass is 154 g/mol. The molecule has 0 saturated carbocycles. The predicted octanol–water partition coefficient (Wildman–Crippen LogP) is 0.775. The normalized spacial score (nSPS) is 5.00. The minimum absolute atomic E-state index is 0. The average molecular weight is 154 g/mol. The van der Waals surface area contributed by atoms with E-state index in [-0.39, 0.29) is 28.0 Å². The molecule has 1 aromatic heterocycles. The molecule has 0 aliphatic carbocycles. The molecule has 8 heavy (non-hydrogen) atoms. The Hall–Kier alpha value is -0.281. The molecular weight excluding hydrogens is 149 g/mol. The van der Waals surface area contributed by atoms with Crippen molar-refractivity contribution < 1.29 is 28.0 Å². The van der Waals surface area contributed by atoms with Gasteiger partial charge in [-0.3, -0.25) is 0 Å². The fraction of sp³-hybridized carbons (Fsp3) is 0. The van der Waals surface area contributed by atoms with E-state index in [1.165, 1.54) is 0 Å². The van der Waals surface area contributed by atoms with E-state index in [4.69, 9.17) is 0 Å². The number of aromatic nitrogens is 1. The maximum absolute atomic E-state index is 2.86.